The summed E-state index contributed by atoms with van der Waals surface area (Å²) in [6.45, 7) is 2.85. The van der Waals surface area contributed by atoms with Crippen molar-refractivity contribution in [3.8, 4) is 0 Å². The lowest BCUT2D eigenvalue weighted by Crippen LogP contribution is -2.05. The molecule has 30 heavy (non-hydrogen) atoms. The van der Waals surface area contributed by atoms with E-state index in [1.165, 1.54) is 16.0 Å². The first-order chi connectivity index (χ1) is 14.8. The molecule has 4 nitrogen and oxygen atoms in total. The number of nitrogens with one attached hydrogen (secondary N) is 1. The highest BCUT2D eigenvalue weighted by molar-refractivity contribution is 8.02. The number of pyridine rings is 3. The van der Waals surface area contributed by atoms with Gasteiger partial charge >= 0.3 is 0 Å². The van der Waals surface area contributed by atoms with Crippen molar-refractivity contribution < 1.29 is 0 Å². The molecule has 0 saturated heterocycles. The summed E-state index contributed by atoms with van der Waals surface area (Å²) in [7, 11) is 0. The van der Waals surface area contributed by atoms with Crippen molar-refractivity contribution in [1.82, 2.24) is 15.0 Å². The van der Waals surface area contributed by atoms with Crippen LogP contribution in [0.3, 0.4) is 0 Å². The number of benzene rings is 1. The first-order valence-corrected chi connectivity index (χ1v) is 12.1. The zero-order valence-corrected chi connectivity index (χ0v) is 18.5. The van der Waals surface area contributed by atoms with Gasteiger partial charge in [-0.05, 0) is 48.4 Å². The molecule has 1 aromatic carbocycles. The third-order valence-electron chi connectivity index (χ3n) is 4.81. The van der Waals surface area contributed by atoms with Gasteiger partial charge in [0.2, 0.25) is 0 Å². The molecule has 0 unspecified atom stereocenters. The van der Waals surface area contributed by atoms with E-state index in [2.05, 4.69) is 57.5 Å². The van der Waals surface area contributed by atoms with Gasteiger partial charge in [-0.1, -0.05) is 18.2 Å². The van der Waals surface area contributed by atoms with E-state index in [9.17, 15) is 0 Å². The molecule has 4 aromatic rings. The molecule has 3 heterocycles. The standard InChI is InChI=1S/C24H24N4S2/c1-18-23(16-27-21-14-20-4-2-3-5-22(20)28-15-21)26-11-8-24(18)30-13-12-29-17-19-6-9-25-10-7-19/h2-11,14-15,27H,12-13,16-17H2,1H3. The number of anilines is 1. The van der Waals surface area contributed by atoms with E-state index >= 15 is 0 Å². The van der Waals surface area contributed by atoms with Crippen LogP contribution < -0.4 is 5.32 Å². The van der Waals surface area contributed by atoms with E-state index in [-0.39, 0.29) is 0 Å². The lowest BCUT2D eigenvalue weighted by molar-refractivity contribution is 0.989. The number of para-hydroxylation sites is 1. The van der Waals surface area contributed by atoms with Crippen LogP contribution >= 0.6 is 23.5 Å². The average molecular weight is 433 g/mol. The van der Waals surface area contributed by atoms with Crippen LogP contribution in [0.2, 0.25) is 0 Å². The van der Waals surface area contributed by atoms with Gasteiger partial charge in [-0.25, -0.2) is 0 Å². The lowest BCUT2D eigenvalue weighted by Gasteiger charge is -2.12. The summed E-state index contributed by atoms with van der Waals surface area (Å²) < 4.78 is 0. The van der Waals surface area contributed by atoms with Crippen molar-refractivity contribution in [2.45, 2.75) is 24.1 Å². The Hall–Kier alpha value is -2.57. The van der Waals surface area contributed by atoms with E-state index in [0.29, 0.717) is 6.54 Å². The zero-order valence-electron chi connectivity index (χ0n) is 16.9. The number of fused-ring (bicyclic) bond motifs is 1. The predicted molar refractivity (Wildman–Crippen MR) is 129 cm³/mol. The smallest absolute Gasteiger partial charge is 0.0703 e. The van der Waals surface area contributed by atoms with Crippen LogP contribution in [0, 0.1) is 6.92 Å². The lowest BCUT2D eigenvalue weighted by atomic mass is 10.2. The number of thioether (sulfide) groups is 2. The molecule has 0 bridgehead atoms. The highest BCUT2D eigenvalue weighted by Gasteiger charge is 2.07. The van der Waals surface area contributed by atoms with Crippen LogP contribution in [0.1, 0.15) is 16.8 Å². The zero-order chi connectivity index (χ0) is 20.6. The van der Waals surface area contributed by atoms with E-state index in [4.69, 9.17) is 0 Å². The van der Waals surface area contributed by atoms with Gasteiger partial charge in [-0.2, -0.15) is 11.8 Å². The van der Waals surface area contributed by atoms with Crippen molar-refractivity contribution in [2.24, 2.45) is 0 Å². The van der Waals surface area contributed by atoms with Gasteiger partial charge < -0.3 is 5.32 Å². The van der Waals surface area contributed by atoms with Crippen molar-refractivity contribution in [3.05, 3.63) is 90.1 Å². The number of rotatable bonds is 9. The Morgan fingerprint density at radius 3 is 2.70 bits per heavy atom. The van der Waals surface area contributed by atoms with Crippen molar-refractivity contribution in [3.63, 3.8) is 0 Å². The molecule has 0 aliphatic rings. The number of hydrogen-bond donors (Lipinski definition) is 1. The normalized spacial score (nSPS) is 11.0. The van der Waals surface area contributed by atoms with E-state index < -0.39 is 0 Å². The average Bonchev–Trinajstić information content (AvgIpc) is 2.79. The molecule has 0 atom stereocenters. The van der Waals surface area contributed by atoms with Gasteiger partial charge in [0.25, 0.3) is 0 Å². The molecule has 0 saturated carbocycles. The Bertz CT molecular complexity index is 1100. The molecule has 0 radical (unpaired) electrons. The Morgan fingerprint density at radius 1 is 0.933 bits per heavy atom. The topological polar surface area (TPSA) is 50.7 Å². The summed E-state index contributed by atoms with van der Waals surface area (Å²) in [6, 6.07) is 16.6. The van der Waals surface area contributed by atoms with Crippen molar-refractivity contribution in [2.75, 3.05) is 16.8 Å². The minimum atomic E-state index is 0.692. The second kappa shape index (κ2) is 10.5. The van der Waals surface area contributed by atoms with Crippen LogP contribution in [0.15, 0.2) is 78.2 Å². The van der Waals surface area contributed by atoms with Gasteiger partial charge in [-0.3, -0.25) is 15.0 Å². The van der Waals surface area contributed by atoms with Gasteiger partial charge in [-0.15, -0.1) is 11.8 Å². The molecule has 0 aliphatic heterocycles. The van der Waals surface area contributed by atoms with Gasteiger partial charge in [0.15, 0.2) is 0 Å². The minimum absolute atomic E-state index is 0.692. The molecule has 152 valence electrons. The van der Waals surface area contributed by atoms with Crippen LogP contribution in [-0.4, -0.2) is 26.5 Å². The third-order valence-corrected chi connectivity index (χ3v) is 7.26. The first kappa shape index (κ1) is 20.7. The van der Waals surface area contributed by atoms with E-state index in [0.717, 1.165) is 39.5 Å². The van der Waals surface area contributed by atoms with Gasteiger partial charge in [0, 0.05) is 46.1 Å². The Labute approximate surface area is 186 Å². The fraction of sp³-hybridized carbons (Fsp3) is 0.208. The van der Waals surface area contributed by atoms with E-state index in [1.807, 2.05) is 66.5 Å². The van der Waals surface area contributed by atoms with Crippen LogP contribution in [0.25, 0.3) is 10.9 Å². The second-order valence-electron chi connectivity index (χ2n) is 6.91. The third kappa shape index (κ3) is 5.52. The van der Waals surface area contributed by atoms with Crippen molar-refractivity contribution in [1.29, 1.82) is 0 Å². The van der Waals surface area contributed by atoms with Crippen molar-refractivity contribution >= 4 is 40.1 Å². The summed E-state index contributed by atoms with van der Waals surface area (Å²) in [6.07, 6.45) is 7.51. The van der Waals surface area contributed by atoms with Crippen LogP contribution in [0.4, 0.5) is 5.69 Å². The maximum atomic E-state index is 4.59. The molecule has 4 rings (SSSR count). The molecule has 0 amide bonds. The summed E-state index contributed by atoms with van der Waals surface area (Å²) in [5.41, 5.74) is 5.69. The number of nitrogens with zero attached hydrogens (tertiary/aromatic N) is 3. The molecular weight excluding hydrogens is 408 g/mol. The van der Waals surface area contributed by atoms with Gasteiger partial charge in [0.05, 0.1) is 29.6 Å². The molecule has 0 aliphatic carbocycles. The molecule has 0 spiro atoms. The summed E-state index contributed by atoms with van der Waals surface area (Å²) >= 11 is 3.87. The Morgan fingerprint density at radius 2 is 1.80 bits per heavy atom. The maximum Gasteiger partial charge on any atom is 0.0703 e. The summed E-state index contributed by atoms with van der Waals surface area (Å²) in [5.74, 6) is 3.24. The maximum absolute atomic E-state index is 4.59. The number of hydrogen-bond acceptors (Lipinski definition) is 6. The Balaban J connectivity index is 1.29. The minimum Gasteiger partial charge on any atom is -0.378 e. The molecule has 6 heteroatoms. The van der Waals surface area contributed by atoms with E-state index in [1.54, 1.807) is 0 Å². The Kier molecular flexibility index (Phi) is 7.21. The molecule has 1 N–H and O–H groups in total. The highest BCUT2D eigenvalue weighted by atomic mass is 32.2. The summed E-state index contributed by atoms with van der Waals surface area (Å²) in [4.78, 5) is 14.5. The fourth-order valence-corrected chi connectivity index (χ4v) is 5.22. The SMILES string of the molecule is Cc1c(SCCSCc2ccncc2)ccnc1CNc1cnc2ccccc2c1. The van der Waals surface area contributed by atoms with Crippen LogP contribution in [-0.2, 0) is 12.3 Å². The fourth-order valence-electron chi connectivity index (χ4n) is 3.13. The second-order valence-corrected chi connectivity index (χ2v) is 9.15. The first-order valence-electron chi connectivity index (χ1n) is 9.92. The summed E-state index contributed by atoms with van der Waals surface area (Å²) in [5, 5.41) is 4.61. The van der Waals surface area contributed by atoms with Gasteiger partial charge in [0.1, 0.15) is 0 Å². The van der Waals surface area contributed by atoms with Crippen LogP contribution in [0.5, 0.6) is 0 Å². The quantitative estimate of drug-likeness (QED) is 0.260. The molecule has 3 aromatic heterocycles. The number of aromatic nitrogens is 3. The molecule has 0 fully saturated rings. The largest absolute Gasteiger partial charge is 0.378 e. The predicted octanol–water partition coefficient (Wildman–Crippen LogP) is 5.97. The highest BCUT2D eigenvalue weighted by Crippen LogP contribution is 2.26. The molecular formula is C24H24N4S2. The monoisotopic (exact) mass is 432 g/mol.